The Morgan fingerprint density at radius 2 is 1.58 bits per heavy atom. The number of halogens is 1. The molecule has 0 N–H and O–H groups in total. The quantitative estimate of drug-likeness (QED) is 0.261. The van der Waals surface area contributed by atoms with Crippen molar-refractivity contribution < 1.29 is 47.6 Å². The molecule has 14 nitrogen and oxygen atoms in total. The maximum Gasteiger partial charge on any atom is 0.339 e. The number of methoxy groups -OCH3 is 1. The number of aliphatic imine (C=N–C) groups is 1. The van der Waals surface area contributed by atoms with Crippen molar-refractivity contribution >= 4 is 41.2 Å². The van der Waals surface area contributed by atoms with Gasteiger partial charge in [0.2, 0.25) is 0 Å². The molecule has 0 amide bonds. The van der Waals surface area contributed by atoms with Gasteiger partial charge in [-0.2, -0.15) is 0 Å². The number of esters is 4. The molecule has 15 heteroatoms. The van der Waals surface area contributed by atoms with Crippen molar-refractivity contribution in [2.45, 2.75) is 64.6 Å². The van der Waals surface area contributed by atoms with Gasteiger partial charge >= 0.3 is 23.9 Å². The Kier molecular flexibility index (Phi) is 9.56. The van der Waals surface area contributed by atoms with Crippen molar-refractivity contribution in [3.8, 4) is 5.69 Å². The highest BCUT2D eigenvalue weighted by molar-refractivity contribution is 6.31. The average Bonchev–Trinajstić information content (AvgIpc) is 3.32. The molecule has 0 aliphatic carbocycles. The largest absolute Gasteiger partial charge is 0.467 e. The molecule has 2 aromatic carbocycles. The second-order valence-electron chi connectivity index (χ2n) is 10.0. The Hall–Kier alpha value is -4.66. The molecule has 0 radical (unpaired) electrons. The zero-order chi connectivity index (χ0) is 32.2. The number of hydrogen-bond acceptors (Lipinski definition) is 13. The van der Waals surface area contributed by atoms with E-state index in [9.17, 15) is 19.2 Å². The zero-order valence-electron chi connectivity index (χ0n) is 24.7. The Balaban J connectivity index is 1.50. The van der Waals surface area contributed by atoms with E-state index in [2.05, 4.69) is 10.2 Å². The summed E-state index contributed by atoms with van der Waals surface area (Å²) in [4.78, 5) is 53.7. The third kappa shape index (κ3) is 6.87. The minimum atomic E-state index is -1.60. The van der Waals surface area contributed by atoms with Gasteiger partial charge in [-0.3, -0.25) is 23.9 Å². The van der Waals surface area contributed by atoms with Crippen LogP contribution in [0, 0.1) is 0 Å². The normalized spacial score (nSPS) is 22.2. The van der Waals surface area contributed by atoms with Crippen LogP contribution in [0.5, 0.6) is 0 Å². The number of carbonyl (C=O) groups excluding carboxylic acids is 4. The van der Waals surface area contributed by atoms with Crippen LogP contribution in [0.4, 0.5) is 0 Å². The van der Waals surface area contributed by atoms with Crippen LogP contribution in [0.3, 0.4) is 0 Å². The number of benzene rings is 2. The highest BCUT2D eigenvalue weighted by atomic mass is 35.5. The molecule has 2 aliphatic heterocycles. The smallest absolute Gasteiger partial charge is 0.339 e. The van der Waals surface area contributed by atoms with Gasteiger partial charge in [-0.05, 0) is 18.2 Å². The molecule has 1 fully saturated rings. The predicted molar refractivity (Wildman–Crippen MR) is 154 cm³/mol. The molecule has 5 atom stereocenters. The van der Waals surface area contributed by atoms with Crippen LogP contribution in [0.1, 0.15) is 43.5 Å². The first-order valence-electron chi connectivity index (χ1n) is 13.8. The van der Waals surface area contributed by atoms with E-state index in [0.717, 1.165) is 39.0 Å². The van der Waals surface area contributed by atoms with Crippen LogP contribution in [-0.4, -0.2) is 82.2 Å². The molecule has 0 unspecified atom stereocenters. The molecule has 1 saturated heterocycles. The topological polar surface area (TPSA) is 167 Å². The van der Waals surface area contributed by atoms with Crippen molar-refractivity contribution in [2.24, 2.45) is 4.99 Å². The van der Waals surface area contributed by atoms with E-state index in [1.54, 1.807) is 16.7 Å². The van der Waals surface area contributed by atoms with E-state index >= 15 is 0 Å². The van der Waals surface area contributed by atoms with E-state index < -0.39 is 54.6 Å². The summed E-state index contributed by atoms with van der Waals surface area (Å²) in [5.74, 6) is -2.52. The predicted octanol–water partition coefficient (Wildman–Crippen LogP) is 2.48. The molecule has 2 aliphatic rings. The highest BCUT2D eigenvalue weighted by Crippen LogP contribution is 2.32. The summed E-state index contributed by atoms with van der Waals surface area (Å²) in [7, 11) is 1.10. The fourth-order valence-corrected chi connectivity index (χ4v) is 5.34. The Morgan fingerprint density at radius 1 is 0.911 bits per heavy atom. The average molecular weight is 641 g/mol. The van der Waals surface area contributed by atoms with Gasteiger partial charge in [-0.15, -0.1) is 10.2 Å². The maximum absolute atomic E-state index is 12.7. The second kappa shape index (κ2) is 13.5. The van der Waals surface area contributed by atoms with Crippen LogP contribution in [-0.2, 0) is 60.8 Å². The lowest BCUT2D eigenvalue weighted by Gasteiger charge is -2.43. The van der Waals surface area contributed by atoms with Gasteiger partial charge in [-0.1, -0.05) is 41.9 Å². The molecular formula is C30H29ClN4O10. The van der Waals surface area contributed by atoms with Crippen molar-refractivity contribution in [3.63, 3.8) is 0 Å². The lowest BCUT2D eigenvalue weighted by molar-refractivity contribution is -0.304. The maximum atomic E-state index is 12.7. The summed E-state index contributed by atoms with van der Waals surface area (Å²) in [5, 5.41) is 9.11. The van der Waals surface area contributed by atoms with Gasteiger partial charge < -0.3 is 28.4 Å². The molecule has 45 heavy (non-hydrogen) atoms. The number of hydrogen-bond donors (Lipinski definition) is 0. The summed E-state index contributed by atoms with van der Waals surface area (Å²) in [6, 6.07) is 14.9. The van der Waals surface area contributed by atoms with Crippen LogP contribution >= 0.6 is 11.6 Å². The van der Waals surface area contributed by atoms with Gasteiger partial charge in [0.05, 0.1) is 18.5 Å². The zero-order valence-corrected chi connectivity index (χ0v) is 25.4. The Morgan fingerprint density at radius 3 is 2.24 bits per heavy atom. The van der Waals surface area contributed by atoms with Gasteiger partial charge in [0.1, 0.15) is 13.2 Å². The summed E-state index contributed by atoms with van der Waals surface area (Å²) in [6.07, 6.45) is -7.56. The summed E-state index contributed by atoms with van der Waals surface area (Å²) < 4.78 is 34.7. The lowest BCUT2D eigenvalue weighted by atomic mass is 9.97. The van der Waals surface area contributed by atoms with Crippen LogP contribution in [0.15, 0.2) is 53.5 Å². The minimum Gasteiger partial charge on any atom is -0.467 e. The Bertz CT molecular complexity index is 1640. The van der Waals surface area contributed by atoms with Gasteiger partial charge in [-0.25, -0.2) is 4.79 Å². The monoisotopic (exact) mass is 640 g/mol. The van der Waals surface area contributed by atoms with Crippen LogP contribution < -0.4 is 0 Å². The Labute approximate surface area is 262 Å². The molecule has 3 heterocycles. The molecule has 0 saturated carbocycles. The molecule has 5 rings (SSSR count). The number of rotatable bonds is 8. The SMILES string of the molecule is COC(=O)[C@H]1O[C@@H](OCc2nnc3n2-c2ccc(Cl)cc2C(c2ccccc2)=NC3)[C@H](OC(C)=O)[C@@H](OC(C)=O)[C@@H]1OC(C)=O. The van der Waals surface area contributed by atoms with E-state index in [0.29, 0.717) is 28.1 Å². The van der Waals surface area contributed by atoms with E-state index in [4.69, 9.17) is 45.0 Å². The summed E-state index contributed by atoms with van der Waals surface area (Å²) >= 11 is 6.40. The van der Waals surface area contributed by atoms with E-state index in [1.165, 1.54) is 0 Å². The molecule has 0 bridgehead atoms. The minimum absolute atomic E-state index is 0.183. The molecule has 3 aromatic rings. The highest BCUT2D eigenvalue weighted by Gasteiger charge is 2.55. The number of carbonyl (C=O) groups is 4. The molecule has 0 spiro atoms. The fraction of sp³-hybridized carbons (Fsp3) is 0.367. The van der Waals surface area contributed by atoms with Crippen molar-refractivity contribution in [2.75, 3.05) is 7.11 Å². The fourth-order valence-electron chi connectivity index (χ4n) is 5.17. The lowest BCUT2D eigenvalue weighted by Crippen LogP contribution is -2.63. The number of fused-ring (bicyclic) bond motifs is 3. The molecule has 236 valence electrons. The van der Waals surface area contributed by atoms with Gasteiger partial charge in [0.15, 0.2) is 42.4 Å². The third-order valence-electron chi connectivity index (χ3n) is 6.89. The van der Waals surface area contributed by atoms with Crippen molar-refractivity contribution in [1.29, 1.82) is 0 Å². The first-order chi connectivity index (χ1) is 21.6. The summed E-state index contributed by atoms with van der Waals surface area (Å²) in [5.41, 5.74) is 2.99. The number of ether oxygens (including phenoxy) is 6. The van der Waals surface area contributed by atoms with Crippen LogP contribution in [0.2, 0.25) is 5.02 Å². The first kappa shape index (κ1) is 31.8. The van der Waals surface area contributed by atoms with Crippen molar-refractivity contribution in [3.05, 3.63) is 76.3 Å². The molecule has 1 aromatic heterocycles. The van der Waals surface area contributed by atoms with E-state index in [-0.39, 0.29) is 13.2 Å². The third-order valence-corrected chi connectivity index (χ3v) is 7.12. The van der Waals surface area contributed by atoms with Gasteiger partial charge in [0, 0.05) is 36.9 Å². The standard InChI is InChI=1S/C30H29ClN4O10/c1-15(36)42-25-26(43-16(2)37)28(44-17(3)38)30(45-27(25)29(39)40-4)41-14-23-34-33-22-13-32-24(18-8-6-5-7-9-18)20-12-19(31)10-11-21(20)35(22)23/h5-12,25-28,30H,13-14H2,1-4H3/t25-,26-,27-,28+,30+/m0/s1. The summed E-state index contributed by atoms with van der Waals surface area (Å²) in [6.45, 7) is 3.23. The number of aromatic nitrogens is 3. The first-order valence-corrected chi connectivity index (χ1v) is 14.1. The second-order valence-corrected chi connectivity index (χ2v) is 10.5. The van der Waals surface area contributed by atoms with Crippen LogP contribution in [0.25, 0.3) is 5.69 Å². The van der Waals surface area contributed by atoms with E-state index in [1.807, 2.05) is 36.4 Å². The molecular weight excluding hydrogens is 612 g/mol. The van der Waals surface area contributed by atoms with Crippen molar-refractivity contribution in [1.82, 2.24) is 14.8 Å². The number of nitrogens with zero attached hydrogens (tertiary/aromatic N) is 4. The van der Waals surface area contributed by atoms with Gasteiger partial charge in [0.25, 0.3) is 0 Å².